The highest BCUT2D eigenvalue weighted by Crippen LogP contribution is 2.07. The number of urea groups is 1. The molecule has 70 valence electrons. The molecule has 0 bridgehead atoms. The average Bonchev–Trinajstić information content (AvgIpc) is 2.28. The van der Waals surface area contributed by atoms with Gasteiger partial charge in [-0.15, -0.1) is 0 Å². The van der Waals surface area contributed by atoms with Crippen LogP contribution in [0.2, 0.25) is 0 Å². The normalized spacial score (nSPS) is 25.1. The van der Waals surface area contributed by atoms with E-state index in [2.05, 4.69) is 6.92 Å². The number of hydrogen-bond donors (Lipinski definition) is 1. The van der Waals surface area contributed by atoms with Crippen LogP contribution in [0, 0.1) is 0 Å². The van der Waals surface area contributed by atoms with Gasteiger partial charge in [-0.1, -0.05) is 6.92 Å². The van der Waals surface area contributed by atoms with Crippen molar-refractivity contribution < 1.29 is 9.53 Å². The maximum absolute atomic E-state index is 10.9. The van der Waals surface area contributed by atoms with E-state index >= 15 is 0 Å². The van der Waals surface area contributed by atoms with Crippen LogP contribution in [0.5, 0.6) is 0 Å². The molecule has 12 heavy (non-hydrogen) atoms. The molecule has 0 saturated carbocycles. The fraction of sp³-hybridized carbons (Fsp3) is 0.875. The van der Waals surface area contributed by atoms with Crippen LogP contribution < -0.4 is 5.73 Å². The predicted octanol–water partition coefficient (Wildman–Crippen LogP) is 0.566. The van der Waals surface area contributed by atoms with E-state index in [0.717, 1.165) is 26.0 Å². The summed E-state index contributed by atoms with van der Waals surface area (Å²) in [7, 11) is 0. The molecule has 2 N–H and O–H groups in total. The van der Waals surface area contributed by atoms with Crippen molar-refractivity contribution in [2.45, 2.75) is 25.9 Å². The standard InChI is InChI=1S/C8H16N2O2/c1-2-7-6-10(8(9)11)4-3-5-12-7/h7H,2-6H2,1H3,(H2,9,11). The molecule has 0 aromatic rings. The van der Waals surface area contributed by atoms with Crippen LogP contribution in [-0.4, -0.2) is 36.7 Å². The first-order chi connectivity index (χ1) is 5.74. The molecule has 0 radical (unpaired) electrons. The fourth-order valence-electron chi connectivity index (χ4n) is 1.34. The number of rotatable bonds is 1. The third-order valence-corrected chi connectivity index (χ3v) is 2.12. The Hall–Kier alpha value is -0.770. The molecular weight excluding hydrogens is 156 g/mol. The molecular formula is C8H16N2O2. The zero-order chi connectivity index (χ0) is 8.97. The Morgan fingerprint density at radius 1 is 1.75 bits per heavy atom. The number of hydrogen-bond acceptors (Lipinski definition) is 2. The van der Waals surface area contributed by atoms with E-state index < -0.39 is 0 Å². The summed E-state index contributed by atoms with van der Waals surface area (Å²) in [5, 5.41) is 0. The monoisotopic (exact) mass is 172 g/mol. The minimum absolute atomic E-state index is 0.167. The Balaban J connectivity index is 2.47. The summed E-state index contributed by atoms with van der Waals surface area (Å²) < 4.78 is 5.48. The zero-order valence-corrected chi connectivity index (χ0v) is 7.45. The largest absolute Gasteiger partial charge is 0.376 e. The van der Waals surface area contributed by atoms with Gasteiger partial charge in [0.1, 0.15) is 0 Å². The maximum atomic E-state index is 10.9. The van der Waals surface area contributed by atoms with Crippen LogP contribution in [0.25, 0.3) is 0 Å². The molecule has 0 spiro atoms. The van der Waals surface area contributed by atoms with Gasteiger partial charge < -0.3 is 15.4 Å². The molecule has 1 aliphatic heterocycles. The molecule has 1 unspecified atom stereocenters. The van der Waals surface area contributed by atoms with Gasteiger partial charge in [0.05, 0.1) is 6.10 Å². The van der Waals surface area contributed by atoms with Gasteiger partial charge in [-0.2, -0.15) is 0 Å². The second kappa shape index (κ2) is 4.30. The Morgan fingerprint density at radius 3 is 3.08 bits per heavy atom. The molecule has 1 atom stereocenters. The van der Waals surface area contributed by atoms with Crippen molar-refractivity contribution >= 4 is 6.03 Å². The summed E-state index contributed by atoms with van der Waals surface area (Å²) in [5.41, 5.74) is 5.18. The van der Waals surface area contributed by atoms with Gasteiger partial charge in [0.2, 0.25) is 0 Å². The van der Waals surface area contributed by atoms with Crippen molar-refractivity contribution in [2.24, 2.45) is 5.73 Å². The first-order valence-electron chi connectivity index (χ1n) is 4.40. The average molecular weight is 172 g/mol. The van der Waals surface area contributed by atoms with Crippen molar-refractivity contribution in [3.63, 3.8) is 0 Å². The zero-order valence-electron chi connectivity index (χ0n) is 7.45. The first-order valence-corrected chi connectivity index (χ1v) is 4.40. The van der Waals surface area contributed by atoms with Gasteiger partial charge in [-0.25, -0.2) is 4.79 Å². The number of amides is 2. The lowest BCUT2D eigenvalue weighted by molar-refractivity contribution is 0.0559. The van der Waals surface area contributed by atoms with E-state index in [1.807, 2.05) is 0 Å². The number of carbonyl (C=O) groups is 1. The lowest BCUT2D eigenvalue weighted by Crippen LogP contribution is -2.40. The van der Waals surface area contributed by atoms with E-state index in [-0.39, 0.29) is 12.1 Å². The molecule has 1 fully saturated rings. The SMILES string of the molecule is CCC1CN(C(N)=O)CCCO1. The van der Waals surface area contributed by atoms with Crippen LogP contribution in [0.15, 0.2) is 0 Å². The molecule has 0 aromatic carbocycles. The van der Waals surface area contributed by atoms with Crippen LogP contribution in [-0.2, 0) is 4.74 Å². The van der Waals surface area contributed by atoms with E-state index in [9.17, 15) is 4.79 Å². The molecule has 1 saturated heterocycles. The summed E-state index contributed by atoms with van der Waals surface area (Å²) in [6.07, 6.45) is 1.99. The lowest BCUT2D eigenvalue weighted by atomic mass is 10.2. The topological polar surface area (TPSA) is 55.6 Å². The van der Waals surface area contributed by atoms with E-state index in [0.29, 0.717) is 6.54 Å². The molecule has 1 heterocycles. The van der Waals surface area contributed by atoms with E-state index in [1.54, 1.807) is 4.90 Å². The smallest absolute Gasteiger partial charge is 0.314 e. The quantitative estimate of drug-likeness (QED) is 0.628. The van der Waals surface area contributed by atoms with Gasteiger partial charge >= 0.3 is 6.03 Å². The van der Waals surface area contributed by atoms with Crippen molar-refractivity contribution in [3.8, 4) is 0 Å². The second-order valence-electron chi connectivity index (χ2n) is 3.04. The number of carbonyl (C=O) groups excluding carboxylic acids is 1. The molecule has 4 nitrogen and oxygen atoms in total. The van der Waals surface area contributed by atoms with Crippen molar-refractivity contribution in [3.05, 3.63) is 0 Å². The summed E-state index contributed by atoms with van der Waals surface area (Å²) in [5.74, 6) is 0. The summed E-state index contributed by atoms with van der Waals surface area (Å²) >= 11 is 0. The third-order valence-electron chi connectivity index (χ3n) is 2.12. The van der Waals surface area contributed by atoms with Gasteiger partial charge in [-0.3, -0.25) is 0 Å². The molecule has 0 aliphatic carbocycles. The molecule has 1 rings (SSSR count). The summed E-state index contributed by atoms with van der Waals surface area (Å²) in [4.78, 5) is 12.5. The maximum Gasteiger partial charge on any atom is 0.314 e. The highest BCUT2D eigenvalue weighted by Gasteiger charge is 2.18. The van der Waals surface area contributed by atoms with Crippen molar-refractivity contribution in [1.29, 1.82) is 0 Å². The number of primary amides is 1. The fourth-order valence-corrected chi connectivity index (χ4v) is 1.34. The molecule has 0 aromatic heterocycles. The highest BCUT2D eigenvalue weighted by atomic mass is 16.5. The van der Waals surface area contributed by atoms with Crippen LogP contribution >= 0.6 is 0 Å². The van der Waals surface area contributed by atoms with Crippen LogP contribution in [0.3, 0.4) is 0 Å². The Morgan fingerprint density at radius 2 is 2.50 bits per heavy atom. The molecule has 4 heteroatoms. The Labute approximate surface area is 72.7 Å². The Bertz CT molecular complexity index is 161. The van der Waals surface area contributed by atoms with Gasteiger partial charge in [0.25, 0.3) is 0 Å². The van der Waals surface area contributed by atoms with Crippen molar-refractivity contribution in [2.75, 3.05) is 19.7 Å². The lowest BCUT2D eigenvalue weighted by Gasteiger charge is -2.20. The van der Waals surface area contributed by atoms with Gasteiger partial charge in [0, 0.05) is 19.7 Å². The van der Waals surface area contributed by atoms with Gasteiger partial charge in [0.15, 0.2) is 0 Å². The molecule has 1 aliphatic rings. The number of nitrogens with two attached hydrogens (primary N) is 1. The first kappa shape index (κ1) is 9.32. The Kier molecular flexibility index (Phi) is 3.34. The van der Waals surface area contributed by atoms with Crippen LogP contribution in [0.1, 0.15) is 19.8 Å². The van der Waals surface area contributed by atoms with Crippen molar-refractivity contribution in [1.82, 2.24) is 4.90 Å². The van der Waals surface area contributed by atoms with Crippen LogP contribution in [0.4, 0.5) is 4.79 Å². The minimum atomic E-state index is -0.334. The van der Waals surface area contributed by atoms with E-state index in [4.69, 9.17) is 10.5 Å². The summed E-state index contributed by atoms with van der Waals surface area (Å²) in [6, 6.07) is -0.334. The van der Waals surface area contributed by atoms with E-state index in [1.165, 1.54) is 0 Å². The summed E-state index contributed by atoms with van der Waals surface area (Å²) in [6.45, 7) is 4.16. The second-order valence-corrected chi connectivity index (χ2v) is 3.04. The molecule has 2 amide bonds. The number of nitrogens with zero attached hydrogens (tertiary/aromatic N) is 1. The minimum Gasteiger partial charge on any atom is -0.376 e. The predicted molar refractivity (Wildman–Crippen MR) is 45.8 cm³/mol. The number of ether oxygens (including phenoxy) is 1. The highest BCUT2D eigenvalue weighted by molar-refractivity contribution is 5.72. The van der Waals surface area contributed by atoms with Gasteiger partial charge in [-0.05, 0) is 12.8 Å². The third kappa shape index (κ3) is 2.37.